The van der Waals surface area contributed by atoms with Crippen LogP contribution in [0.1, 0.15) is 16.1 Å². The van der Waals surface area contributed by atoms with E-state index in [4.69, 9.17) is 4.42 Å². The summed E-state index contributed by atoms with van der Waals surface area (Å²) in [6.07, 6.45) is 1.47. The summed E-state index contributed by atoms with van der Waals surface area (Å²) in [5.74, 6) is 0.0121. The number of halogens is 1. The molecule has 3 aromatic rings. The largest absolute Gasteiger partial charge is 0.463 e. The second-order valence-electron chi connectivity index (χ2n) is 4.56. The van der Waals surface area contributed by atoms with E-state index in [0.29, 0.717) is 5.75 Å². The first-order chi connectivity index (χ1) is 11.2. The molecule has 0 radical (unpaired) electrons. The molecule has 4 nitrogen and oxygen atoms in total. The average Bonchev–Trinajstić information content (AvgIpc) is 3.22. The second-order valence-corrected chi connectivity index (χ2v) is 6.64. The molecule has 0 N–H and O–H groups in total. The number of aromatic nitrogens is 1. The van der Waals surface area contributed by atoms with E-state index >= 15 is 0 Å². The first kappa shape index (κ1) is 15.8. The summed E-state index contributed by atoms with van der Waals surface area (Å²) >= 11 is 3.01. The van der Waals surface area contributed by atoms with Crippen molar-refractivity contribution in [3.05, 3.63) is 59.1 Å². The van der Waals surface area contributed by atoms with E-state index in [1.807, 2.05) is 5.38 Å². The van der Waals surface area contributed by atoms with E-state index in [9.17, 15) is 9.18 Å². The summed E-state index contributed by atoms with van der Waals surface area (Å²) in [5, 5.41) is 1.92. The molecule has 2 heterocycles. The van der Waals surface area contributed by atoms with E-state index in [1.165, 1.54) is 48.6 Å². The zero-order chi connectivity index (χ0) is 16.2. The van der Waals surface area contributed by atoms with Crippen molar-refractivity contribution >= 4 is 29.1 Å². The molecule has 0 spiro atoms. The van der Waals surface area contributed by atoms with Crippen LogP contribution in [0.4, 0.5) is 4.39 Å². The van der Waals surface area contributed by atoms with Crippen molar-refractivity contribution in [3.63, 3.8) is 0 Å². The molecular formula is C16H12FNO3S2. The fourth-order valence-electron chi connectivity index (χ4n) is 1.94. The Labute approximate surface area is 140 Å². The number of hydrogen-bond donors (Lipinski definition) is 0. The zero-order valence-electron chi connectivity index (χ0n) is 12.1. The predicted octanol–water partition coefficient (Wildman–Crippen LogP) is 4.62. The minimum Gasteiger partial charge on any atom is -0.463 e. The van der Waals surface area contributed by atoms with Gasteiger partial charge in [-0.2, -0.15) is 0 Å². The minimum absolute atomic E-state index is 0.218. The molecule has 0 saturated carbocycles. The van der Waals surface area contributed by atoms with Crippen molar-refractivity contribution in [3.8, 4) is 11.3 Å². The Hall–Kier alpha value is -2.12. The molecule has 0 fully saturated rings. The van der Waals surface area contributed by atoms with Crippen LogP contribution < -0.4 is 0 Å². The van der Waals surface area contributed by atoms with E-state index in [0.717, 1.165) is 21.2 Å². The zero-order valence-corrected chi connectivity index (χ0v) is 13.7. The maximum atomic E-state index is 12.9. The molecule has 2 aromatic heterocycles. The monoisotopic (exact) mass is 349 g/mol. The van der Waals surface area contributed by atoms with Gasteiger partial charge in [-0.3, -0.25) is 0 Å². The summed E-state index contributed by atoms with van der Waals surface area (Å²) in [7, 11) is 1.32. The van der Waals surface area contributed by atoms with Crippen molar-refractivity contribution < 1.29 is 18.3 Å². The molecule has 0 saturated heterocycles. The number of thiazole rings is 1. The fourth-order valence-corrected chi connectivity index (χ4v) is 3.75. The van der Waals surface area contributed by atoms with Gasteiger partial charge >= 0.3 is 5.97 Å². The summed E-state index contributed by atoms with van der Waals surface area (Å²) < 4.78 is 23.6. The summed E-state index contributed by atoms with van der Waals surface area (Å²) in [6.45, 7) is 0. The SMILES string of the molecule is COC(=O)c1occc1CSc1nc(-c2ccc(F)cc2)cs1. The van der Waals surface area contributed by atoms with Gasteiger partial charge in [-0.25, -0.2) is 14.2 Å². The van der Waals surface area contributed by atoms with Gasteiger partial charge in [-0.15, -0.1) is 11.3 Å². The molecule has 0 aliphatic heterocycles. The van der Waals surface area contributed by atoms with Gasteiger partial charge < -0.3 is 9.15 Å². The number of benzene rings is 1. The van der Waals surface area contributed by atoms with Crippen LogP contribution in [-0.2, 0) is 10.5 Å². The van der Waals surface area contributed by atoms with Crippen LogP contribution in [0.2, 0.25) is 0 Å². The van der Waals surface area contributed by atoms with Gasteiger partial charge in [0.2, 0.25) is 5.76 Å². The Morgan fingerprint density at radius 2 is 2.13 bits per heavy atom. The Kier molecular flexibility index (Phi) is 4.78. The standard InChI is InChI=1S/C16H12FNO3S2/c1-20-15(19)14-11(6-7-21-14)8-22-16-18-13(9-23-16)10-2-4-12(17)5-3-10/h2-7,9H,8H2,1H3. The van der Waals surface area contributed by atoms with Crippen LogP contribution in [0.25, 0.3) is 11.3 Å². The molecule has 118 valence electrons. The van der Waals surface area contributed by atoms with Crippen molar-refractivity contribution in [2.75, 3.05) is 7.11 Å². The first-order valence-electron chi connectivity index (χ1n) is 6.66. The number of ether oxygens (including phenoxy) is 1. The lowest BCUT2D eigenvalue weighted by atomic mass is 10.2. The smallest absolute Gasteiger partial charge is 0.374 e. The van der Waals surface area contributed by atoms with Crippen LogP contribution >= 0.6 is 23.1 Å². The molecule has 0 bridgehead atoms. The van der Waals surface area contributed by atoms with E-state index in [2.05, 4.69) is 9.72 Å². The number of esters is 1. The van der Waals surface area contributed by atoms with Gasteiger partial charge in [0.25, 0.3) is 0 Å². The third-order valence-electron chi connectivity index (χ3n) is 3.09. The average molecular weight is 349 g/mol. The van der Waals surface area contributed by atoms with Gasteiger partial charge in [0.15, 0.2) is 4.34 Å². The number of rotatable bonds is 5. The molecule has 23 heavy (non-hydrogen) atoms. The highest BCUT2D eigenvalue weighted by molar-refractivity contribution is 8.00. The number of carbonyl (C=O) groups is 1. The van der Waals surface area contributed by atoms with E-state index < -0.39 is 5.97 Å². The molecule has 0 aliphatic rings. The maximum absolute atomic E-state index is 12.9. The Balaban J connectivity index is 1.69. The number of nitrogens with zero attached hydrogens (tertiary/aromatic N) is 1. The Morgan fingerprint density at radius 1 is 1.35 bits per heavy atom. The van der Waals surface area contributed by atoms with E-state index in [-0.39, 0.29) is 11.6 Å². The summed E-state index contributed by atoms with van der Waals surface area (Å²) in [5.41, 5.74) is 2.44. The molecule has 3 rings (SSSR count). The first-order valence-corrected chi connectivity index (χ1v) is 8.53. The fraction of sp³-hybridized carbons (Fsp3) is 0.125. The predicted molar refractivity (Wildman–Crippen MR) is 87.1 cm³/mol. The number of furan rings is 1. The lowest BCUT2D eigenvalue weighted by Gasteiger charge is -1.99. The van der Waals surface area contributed by atoms with Gasteiger partial charge in [-0.1, -0.05) is 11.8 Å². The van der Waals surface area contributed by atoms with Gasteiger partial charge in [0, 0.05) is 22.3 Å². The van der Waals surface area contributed by atoms with Gasteiger partial charge in [-0.05, 0) is 30.3 Å². The lowest BCUT2D eigenvalue weighted by molar-refractivity contribution is 0.0564. The van der Waals surface area contributed by atoms with Crippen LogP contribution in [0, 0.1) is 5.82 Å². The van der Waals surface area contributed by atoms with Crippen LogP contribution in [-0.4, -0.2) is 18.1 Å². The molecule has 0 aliphatic carbocycles. The third-order valence-corrected chi connectivity index (χ3v) is 5.16. The minimum atomic E-state index is -0.489. The van der Waals surface area contributed by atoms with Crippen LogP contribution in [0.3, 0.4) is 0 Å². The van der Waals surface area contributed by atoms with E-state index in [1.54, 1.807) is 18.2 Å². The number of thioether (sulfide) groups is 1. The highest BCUT2D eigenvalue weighted by Gasteiger charge is 2.16. The van der Waals surface area contributed by atoms with Crippen LogP contribution in [0.5, 0.6) is 0 Å². The molecule has 0 amide bonds. The van der Waals surface area contributed by atoms with Crippen molar-refractivity contribution in [2.24, 2.45) is 0 Å². The van der Waals surface area contributed by atoms with Crippen LogP contribution in [0.15, 0.2) is 50.7 Å². The number of methoxy groups -OCH3 is 1. The molecule has 0 atom stereocenters. The van der Waals surface area contributed by atoms with Crippen molar-refractivity contribution in [1.29, 1.82) is 0 Å². The molecule has 1 aromatic carbocycles. The number of hydrogen-bond acceptors (Lipinski definition) is 6. The second kappa shape index (κ2) is 6.97. The lowest BCUT2D eigenvalue weighted by Crippen LogP contribution is -2.02. The highest BCUT2D eigenvalue weighted by atomic mass is 32.2. The number of carbonyl (C=O) groups excluding carboxylic acids is 1. The topological polar surface area (TPSA) is 52.3 Å². The summed E-state index contributed by atoms with van der Waals surface area (Å²) in [4.78, 5) is 16.1. The Morgan fingerprint density at radius 3 is 2.87 bits per heavy atom. The van der Waals surface area contributed by atoms with Gasteiger partial charge in [0.1, 0.15) is 5.82 Å². The Bertz CT molecular complexity index is 811. The highest BCUT2D eigenvalue weighted by Crippen LogP contribution is 2.31. The van der Waals surface area contributed by atoms with Gasteiger partial charge in [0.05, 0.1) is 19.1 Å². The third kappa shape index (κ3) is 3.62. The maximum Gasteiger partial charge on any atom is 0.374 e. The van der Waals surface area contributed by atoms with Crippen molar-refractivity contribution in [2.45, 2.75) is 10.1 Å². The molecule has 0 unspecified atom stereocenters. The van der Waals surface area contributed by atoms with Crippen molar-refractivity contribution in [1.82, 2.24) is 4.98 Å². The quantitative estimate of drug-likeness (QED) is 0.497. The molecule has 7 heteroatoms. The normalized spacial score (nSPS) is 10.7. The molecular weight excluding hydrogens is 337 g/mol. The summed E-state index contributed by atoms with van der Waals surface area (Å²) in [6, 6.07) is 7.97.